The lowest BCUT2D eigenvalue weighted by Gasteiger charge is -2.21. The van der Waals surface area contributed by atoms with Gasteiger partial charge in [-0.15, -0.1) is 0 Å². The molecule has 0 spiro atoms. The number of hydrogen-bond donors (Lipinski definition) is 2. The number of rotatable bonds is 6. The quantitative estimate of drug-likeness (QED) is 0.568. The summed E-state index contributed by atoms with van der Waals surface area (Å²) < 4.78 is 32.9. The number of sulfonamides is 1. The van der Waals surface area contributed by atoms with Crippen LogP contribution in [0.1, 0.15) is 32.6 Å². The minimum absolute atomic E-state index is 0.241. The van der Waals surface area contributed by atoms with E-state index in [1.807, 2.05) is 6.92 Å². The Hall–Kier alpha value is -1.64. The van der Waals surface area contributed by atoms with Gasteiger partial charge in [0.15, 0.2) is 5.11 Å². The summed E-state index contributed by atoms with van der Waals surface area (Å²) in [5.41, 5.74) is 1.46. The summed E-state index contributed by atoms with van der Waals surface area (Å²) in [5, 5.41) is 6.42. The molecule has 1 heterocycles. The van der Waals surface area contributed by atoms with Crippen molar-refractivity contribution in [3.63, 3.8) is 0 Å². The molecule has 0 aliphatic carbocycles. The maximum atomic E-state index is 13.0. The molecule has 0 radical (unpaired) electrons. The van der Waals surface area contributed by atoms with Gasteiger partial charge in [0, 0.05) is 19.6 Å². The van der Waals surface area contributed by atoms with Crippen LogP contribution in [0.3, 0.4) is 0 Å². The van der Waals surface area contributed by atoms with E-state index < -0.39 is 10.0 Å². The zero-order valence-corrected chi connectivity index (χ0v) is 17.0. The molecule has 1 aliphatic heterocycles. The highest BCUT2D eigenvalue weighted by Gasteiger charge is 2.26. The number of methoxy groups -OCH3 is 1. The van der Waals surface area contributed by atoms with Crippen molar-refractivity contribution in [2.75, 3.05) is 32.1 Å². The van der Waals surface area contributed by atoms with E-state index in [1.54, 1.807) is 22.5 Å². The van der Waals surface area contributed by atoms with Crippen LogP contribution in [0.2, 0.25) is 0 Å². The summed E-state index contributed by atoms with van der Waals surface area (Å²) in [4.78, 5) is 0.241. The van der Waals surface area contributed by atoms with Crippen LogP contribution in [-0.2, 0) is 10.0 Å². The molecular weight excluding hydrogens is 370 g/mol. The first-order valence-electron chi connectivity index (χ1n) is 8.72. The SMILES string of the molecule is C=C(C)CNC(=S)Nc1cc(S(=O)(=O)N2CCCCCC2)ccc1OC. The molecule has 0 aromatic heterocycles. The topological polar surface area (TPSA) is 70.7 Å². The van der Waals surface area contributed by atoms with Crippen LogP contribution in [0, 0.1) is 0 Å². The molecule has 1 saturated heterocycles. The third-order valence-electron chi connectivity index (χ3n) is 4.17. The highest BCUT2D eigenvalue weighted by molar-refractivity contribution is 7.89. The van der Waals surface area contributed by atoms with Gasteiger partial charge in [-0.3, -0.25) is 0 Å². The lowest BCUT2D eigenvalue weighted by atomic mass is 10.2. The van der Waals surface area contributed by atoms with Gasteiger partial charge in [0.05, 0.1) is 17.7 Å². The minimum Gasteiger partial charge on any atom is -0.495 e. The monoisotopic (exact) mass is 397 g/mol. The van der Waals surface area contributed by atoms with Gasteiger partial charge in [-0.1, -0.05) is 25.0 Å². The van der Waals surface area contributed by atoms with Crippen molar-refractivity contribution in [3.05, 3.63) is 30.4 Å². The Morgan fingerprint density at radius 3 is 2.50 bits per heavy atom. The molecule has 1 aromatic carbocycles. The van der Waals surface area contributed by atoms with Gasteiger partial charge in [-0.05, 0) is 50.2 Å². The van der Waals surface area contributed by atoms with Crippen LogP contribution < -0.4 is 15.4 Å². The number of thiocarbonyl (C=S) groups is 1. The lowest BCUT2D eigenvalue weighted by Crippen LogP contribution is -2.32. The molecule has 2 N–H and O–H groups in total. The van der Waals surface area contributed by atoms with Gasteiger partial charge in [0.1, 0.15) is 5.75 Å². The lowest BCUT2D eigenvalue weighted by molar-refractivity contribution is 0.415. The molecule has 1 fully saturated rings. The molecular formula is C18H27N3O3S2. The average molecular weight is 398 g/mol. The van der Waals surface area contributed by atoms with Crippen LogP contribution in [0.25, 0.3) is 0 Å². The second-order valence-electron chi connectivity index (χ2n) is 6.45. The molecule has 0 amide bonds. The molecule has 8 heteroatoms. The molecule has 0 saturated carbocycles. The Labute approximate surface area is 161 Å². The van der Waals surface area contributed by atoms with E-state index in [0.29, 0.717) is 36.2 Å². The van der Waals surface area contributed by atoms with Crippen molar-refractivity contribution in [2.24, 2.45) is 0 Å². The van der Waals surface area contributed by atoms with E-state index in [-0.39, 0.29) is 4.90 Å². The zero-order valence-electron chi connectivity index (χ0n) is 15.4. The van der Waals surface area contributed by atoms with Crippen molar-refractivity contribution in [1.82, 2.24) is 9.62 Å². The van der Waals surface area contributed by atoms with Gasteiger partial charge < -0.3 is 15.4 Å². The average Bonchev–Trinajstić information content (AvgIpc) is 2.90. The molecule has 1 aromatic rings. The van der Waals surface area contributed by atoms with Crippen molar-refractivity contribution < 1.29 is 13.2 Å². The van der Waals surface area contributed by atoms with Crippen LogP contribution in [0.4, 0.5) is 5.69 Å². The molecule has 1 aliphatic rings. The highest BCUT2D eigenvalue weighted by atomic mass is 32.2. The van der Waals surface area contributed by atoms with Crippen molar-refractivity contribution in [2.45, 2.75) is 37.5 Å². The van der Waals surface area contributed by atoms with Crippen LogP contribution in [0.15, 0.2) is 35.2 Å². The smallest absolute Gasteiger partial charge is 0.243 e. The summed E-state index contributed by atoms with van der Waals surface area (Å²) in [7, 11) is -2.00. The normalized spacial score (nSPS) is 15.8. The Morgan fingerprint density at radius 1 is 1.27 bits per heavy atom. The zero-order chi connectivity index (χ0) is 19.2. The third kappa shape index (κ3) is 5.43. The highest BCUT2D eigenvalue weighted by Crippen LogP contribution is 2.29. The second-order valence-corrected chi connectivity index (χ2v) is 8.79. The molecule has 2 rings (SSSR count). The Balaban J connectivity index is 2.24. The fourth-order valence-electron chi connectivity index (χ4n) is 2.77. The van der Waals surface area contributed by atoms with E-state index in [9.17, 15) is 8.42 Å². The first-order chi connectivity index (χ1) is 12.3. The second kappa shape index (κ2) is 9.34. The number of benzene rings is 1. The largest absolute Gasteiger partial charge is 0.495 e. The number of hydrogen-bond acceptors (Lipinski definition) is 4. The summed E-state index contributed by atoms with van der Waals surface area (Å²) >= 11 is 5.26. The van der Waals surface area contributed by atoms with Crippen molar-refractivity contribution in [3.8, 4) is 5.75 Å². The fraction of sp³-hybridized carbons (Fsp3) is 0.500. The van der Waals surface area contributed by atoms with E-state index in [1.165, 1.54) is 7.11 Å². The third-order valence-corrected chi connectivity index (χ3v) is 6.31. The van der Waals surface area contributed by atoms with E-state index in [2.05, 4.69) is 17.2 Å². The van der Waals surface area contributed by atoms with Crippen LogP contribution in [0.5, 0.6) is 5.75 Å². The summed E-state index contributed by atoms with van der Waals surface area (Å²) in [6.45, 7) is 7.38. The molecule has 26 heavy (non-hydrogen) atoms. The van der Waals surface area contributed by atoms with Gasteiger partial charge in [0.2, 0.25) is 10.0 Å². The molecule has 0 unspecified atom stereocenters. The summed E-state index contributed by atoms with van der Waals surface area (Å²) in [6, 6.07) is 4.80. The van der Waals surface area contributed by atoms with Crippen LogP contribution in [-0.4, -0.2) is 44.6 Å². The maximum absolute atomic E-state index is 13.0. The van der Waals surface area contributed by atoms with Crippen molar-refractivity contribution >= 4 is 33.0 Å². The number of nitrogens with one attached hydrogen (secondary N) is 2. The molecule has 0 bridgehead atoms. The van der Waals surface area contributed by atoms with Crippen LogP contribution >= 0.6 is 12.2 Å². The fourth-order valence-corrected chi connectivity index (χ4v) is 4.50. The van der Waals surface area contributed by atoms with E-state index in [4.69, 9.17) is 17.0 Å². The minimum atomic E-state index is -3.53. The molecule has 0 atom stereocenters. The van der Waals surface area contributed by atoms with Gasteiger partial charge in [0.25, 0.3) is 0 Å². The first kappa shape index (κ1) is 20.7. The standard InChI is InChI=1S/C18H27N3O3S2/c1-14(2)13-19-18(25)20-16-12-15(8-9-17(16)24-3)26(22,23)21-10-6-4-5-7-11-21/h8-9,12H,1,4-7,10-11,13H2,2-3H3,(H2,19,20,25). The van der Waals surface area contributed by atoms with Gasteiger partial charge in [-0.25, -0.2) is 8.42 Å². The molecule has 6 nitrogen and oxygen atoms in total. The first-order valence-corrected chi connectivity index (χ1v) is 10.6. The Kier molecular flexibility index (Phi) is 7.43. The van der Waals surface area contributed by atoms with Gasteiger partial charge >= 0.3 is 0 Å². The number of nitrogens with zero attached hydrogens (tertiary/aromatic N) is 1. The predicted molar refractivity (Wildman–Crippen MR) is 109 cm³/mol. The Bertz CT molecular complexity index is 755. The Morgan fingerprint density at radius 2 is 1.92 bits per heavy atom. The predicted octanol–water partition coefficient (Wildman–Crippen LogP) is 3.12. The summed E-state index contributed by atoms with van der Waals surface area (Å²) in [6.07, 6.45) is 3.94. The number of anilines is 1. The molecule has 144 valence electrons. The van der Waals surface area contributed by atoms with E-state index in [0.717, 1.165) is 31.3 Å². The van der Waals surface area contributed by atoms with Gasteiger partial charge in [-0.2, -0.15) is 4.31 Å². The number of ether oxygens (including phenoxy) is 1. The summed E-state index contributed by atoms with van der Waals surface area (Å²) in [5.74, 6) is 0.527. The maximum Gasteiger partial charge on any atom is 0.243 e. The van der Waals surface area contributed by atoms with Crippen molar-refractivity contribution in [1.29, 1.82) is 0 Å². The van der Waals surface area contributed by atoms with E-state index >= 15 is 0 Å².